The Kier molecular flexibility index (Phi) is 3.84. The molecule has 84 valence electrons. The van der Waals surface area contributed by atoms with Crippen LogP contribution in [0.15, 0.2) is 10.7 Å². The van der Waals surface area contributed by atoms with Gasteiger partial charge in [0, 0.05) is 6.54 Å². The second kappa shape index (κ2) is 5.15. The quantitative estimate of drug-likeness (QED) is 0.817. The molecule has 0 aliphatic heterocycles. The predicted molar refractivity (Wildman–Crippen MR) is 65.9 cm³/mol. The van der Waals surface area contributed by atoms with E-state index in [1.165, 1.54) is 42.3 Å². The lowest BCUT2D eigenvalue weighted by atomic mass is 9.89. The van der Waals surface area contributed by atoms with Gasteiger partial charge in [0.1, 0.15) is 0 Å². The van der Waals surface area contributed by atoms with E-state index in [4.69, 9.17) is 0 Å². The lowest BCUT2D eigenvalue weighted by molar-refractivity contribution is 0.304. The summed E-state index contributed by atoms with van der Waals surface area (Å²) in [4.78, 5) is 0. The van der Waals surface area contributed by atoms with Crippen LogP contribution >= 0.6 is 15.9 Å². The van der Waals surface area contributed by atoms with Gasteiger partial charge in [0.2, 0.25) is 0 Å². The van der Waals surface area contributed by atoms with Crippen LogP contribution in [-0.4, -0.2) is 9.78 Å². The fourth-order valence-electron chi connectivity index (χ4n) is 2.51. The molecule has 0 amide bonds. The Morgan fingerprint density at radius 2 is 2.13 bits per heavy atom. The monoisotopic (exact) mass is 270 g/mol. The third-order valence-corrected chi connectivity index (χ3v) is 4.05. The molecule has 3 heteroatoms. The van der Waals surface area contributed by atoms with Gasteiger partial charge in [-0.1, -0.05) is 26.2 Å². The van der Waals surface area contributed by atoms with Crippen LogP contribution in [0.4, 0.5) is 0 Å². The van der Waals surface area contributed by atoms with Crippen molar-refractivity contribution < 1.29 is 0 Å². The maximum absolute atomic E-state index is 4.45. The highest BCUT2D eigenvalue weighted by molar-refractivity contribution is 9.10. The number of hydrogen-bond donors (Lipinski definition) is 0. The predicted octanol–water partition coefficient (Wildman–Crippen LogP) is 3.79. The third kappa shape index (κ3) is 2.63. The van der Waals surface area contributed by atoms with Crippen LogP contribution in [0.3, 0.4) is 0 Å². The molecule has 0 atom stereocenters. The Labute approximate surface area is 100 Å². The highest BCUT2D eigenvalue weighted by Gasteiger charge is 2.16. The van der Waals surface area contributed by atoms with Gasteiger partial charge in [-0.2, -0.15) is 5.10 Å². The zero-order valence-corrected chi connectivity index (χ0v) is 11.0. The highest BCUT2D eigenvalue weighted by Crippen LogP contribution is 2.26. The van der Waals surface area contributed by atoms with E-state index in [1.807, 2.05) is 6.20 Å². The standard InChI is InChI=1S/C12H19BrN2/c1-2-12-11(13)8-14-15(12)9-10-6-4-3-5-7-10/h8,10H,2-7,9H2,1H3. The topological polar surface area (TPSA) is 17.8 Å². The van der Waals surface area contributed by atoms with Crippen LogP contribution in [0, 0.1) is 5.92 Å². The first-order valence-corrected chi connectivity index (χ1v) is 6.80. The average molecular weight is 271 g/mol. The van der Waals surface area contributed by atoms with Crippen molar-refractivity contribution in [2.45, 2.75) is 52.0 Å². The molecule has 2 rings (SSSR count). The van der Waals surface area contributed by atoms with E-state index in [9.17, 15) is 0 Å². The Morgan fingerprint density at radius 3 is 2.80 bits per heavy atom. The number of rotatable bonds is 3. The van der Waals surface area contributed by atoms with E-state index < -0.39 is 0 Å². The lowest BCUT2D eigenvalue weighted by Crippen LogP contribution is -2.16. The molecule has 1 saturated carbocycles. The van der Waals surface area contributed by atoms with Gasteiger partial charge in [-0.15, -0.1) is 0 Å². The molecular formula is C12H19BrN2. The van der Waals surface area contributed by atoms with Crippen molar-refractivity contribution in [3.63, 3.8) is 0 Å². The van der Waals surface area contributed by atoms with E-state index in [0.29, 0.717) is 0 Å². The maximum Gasteiger partial charge on any atom is 0.0635 e. The van der Waals surface area contributed by atoms with Crippen molar-refractivity contribution >= 4 is 15.9 Å². The molecule has 1 aromatic heterocycles. The van der Waals surface area contributed by atoms with Crippen molar-refractivity contribution in [2.24, 2.45) is 5.92 Å². The zero-order chi connectivity index (χ0) is 10.7. The summed E-state index contributed by atoms with van der Waals surface area (Å²) in [6, 6.07) is 0. The molecule has 0 bridgehead atoms. The van der Waals surface area contributed by atoms with E-state index >= 15 is 0 Å². The number of halogens is 1. The van der Waals surface area contributed by atoms with E-state index in [0.717, 1.165) is 18.9 Å². The molecule has 0 unspecified atom stereocenters. The van der Waals surface area contributed by atoms with Crippen molar-refractivity contribution in [3.05, 3.63) is 16.4 Å². The summed E-state index contributed by atoms with van der Waals surface area (Å²) in [5, 5.41) is 4.45. The summed E-state index contributed by atoms with van der Waals surface area (Å²) in [6.45, 7) is 3.31. The molecule has 1 fully saturated rings. The van der Waals surface area contributed by atoms with Crippen LogP contribution in [0.25, 0.3) is 0 Å². The molecule has 0 saturated heterocycles. The highest BCUT2D eigenvalue weighted by atomic mass is 79.9. The summed E-state index contributed by atoms with van der Waals surface area (Å²) in [5.74, 6) is 0.857. The van der Waals surface area contributed by atoms with Gasteiger partial charge in [-0.25, -0.2) is 0 Å². The van der Waals surface area contributed by atoms with Gasteiger partial charge in [0.05, 0.1) is 16.4 Å². The van der Waals surface area contributed by atoms with Crippen LogP contribution < -0.4 is 0 Å². The van der Waals surface area contributed by atoms with Crippen LogP contribution in [0.1, 0.15) is 44.7 Å². The summed E-state index contributed by atoms with van der Waals surface area (Å²) in [6.07, 6.45) is 10.0. The summed E-state index contributed by atoms with van der Waals surface area (Å²) in [7, 11) is 0. The minimum Gasteiger partial charge on any atom is -0.268 e. The Bertz CT molecular complexity index is 313. The molecule has 0 radical (unpaired) electrons. The molecule has 1 aromatic rings. The molecule has 0 aromatic carbocycles. The van der Waals surface area contributed by atoms with Crippen molar-refractivity contribution in [2.75, 3.05) is 0 Å². The first kappa shape index (κ1) is 11.2. The van der Waals surface area contributed by atoms with Gasteiger partial charge in [0.25, 0.3) is 0 Å². The maximum atomic E-state index is 4.45. The SMILES string of the molecule is CCc1c(Br)cnn1CC1CCCCC1. The van der Waals surface area contributed by atoms with Gasteiger partial charge in [-0.05, 0) is 41.1 Å². The normalized spacial score (nSPS) is 18.3. The minimum atomic E-state index is 0.857. The fourth-order valence-corrected chi connectivity index (χ4v) is 3.09. The second-order valence-electron chi connectivity index (χ2n) is 4.48. The molecule has 2 nitrogen and oxygen atoms in total. The first-order chi connectivity index (χ1) is 7.31. The van der Waals surface area contributed by atoms with Gasteiger partial charge in [0.15, 0.2) is 0 Å². The van der Waals surface area contributed by atoms with Gasteiger partial charge >= 0.3 is 0 Å². The second-order valence-corrected chi connectivity index (χ2v) is 5.33. The molecule has 0 N–H and O–H groups in total. The summed E-state index contributed by atoms with van der Waals surface area (Å²) in [5.41, 5.74) is 1.35. The van der Waals surface area contributed by atoms with Crippen LogP contribution in [0.2, 0.25) is 0 Å². The molecule has 1 heterocycles. The minimum absolute atomic E-state index is 0.857. The number of aromatic nitrogens is 2. The van der Waals surface area contributed by atoms with Crippen molar-refractivity contribution in [1.82, 2.24) is 9.78 Å². The third-order valence-electron chi connectivity index (χ3n) is 3.39. The molecule has 1 aliphatic rings. The molecular weight excluding hydrogens is 252 g/mol. The summed E-state index contributed by atoms with van der Waals surface area (Å²) < 4.78 is 3.36. The smallest absolute Gasteiger partial charge is 0.0635 e. The van der Waals surface area contributed by atoms with E-state index in [-0.39, 0.29) is 0 Å². The number of hydrogen-bond acceptors (Lipinski definition) is 1. The lowest BCUT2D eigenvalue weighted by Gasteiger charge is -2.22. The van der Waals surface area contributed by atoms with Gasteiger partial charge in [-0.3, -0.25) is 4.68 Å². The Hall–Kier alpha value is -0.310. The van der Waals surface area contributed by atoms with Crippen molar-refractivity contribution in [1.29, 1.82) is 0 Å². The Balaban J connectivity index is 2.02. The first-order valence-electron chi connectivity index (χ1n) is 6.01. The van der Waals surface area contributed by atoms with E-state index in [1.54, 1.807) is 0 Å². The molecule has 15 heavy (non-hydrogen) atoms. The average Bonchev–Trinajstić information content (AvgIpc) is 2.61. The van der Waals surface area contributed by atoms with Crippen LogP contribution in [-0.2, 0) is 13.0 Å². The fraction of sp³-hybridized carbons (Fsp3) is 0.750. The van der Waals surface area contributed by atoms with E-state index in [2.05, 4.69) is 32.6 Å². The van der Waals surface area contributed by atoms with Gasteiger partial charge < -0.3 is 0 Å². The Morgan fingerprint density at radius 1 is 1.40 bits per heavy atom. The van der Waals surface area contributed by atoms with Crippen LogP contribution in [0.5, 0.6) is 0 Å². The molecule has 1 aliphatic carbocycles. The summed E-state index contributed by atoms with van der Waals surface area (Å²) >= 11 is 3.56. The molecule has 0 spiro atoms. The largest absolute Gasteiger partial charge is 0.268 e. The zero-order valence-electron chi connectivity index (χ0n) is 9.38. The number of nitrogens with zero attached hydrogens (tertiary/aromatic N) is 2. The van der Waals surface area contributed by atoms with Crippen molar-refractivity contribution in [3.8, 4) is 0 Å².